The quantitative estimate of drug-likeness (QED) is 0.563. The Morgan fingerprint density at radius 2 is 1.33 bits per heavy atom. The summed E-state index contributed by atoms with van der Waals surface area (Å²) in [5.41, 5.74) is 9.89. The highest BCUT2D eigenvalue weighted by Crippen LogP contribution is 2.36. The van der Waals surface area contributed by atoms with E-state index in [0.717, 1.165) is 24.8 Å². The number of amides is 1. The predicted octanol–water partition coefficient (Wildman–Crippen LogP) is 4.58. The molecule has 3 aromatic carbocycles. The highest BCUT2D eigenvalue weighted by Gasteiger charge is 2.51. The molecule has 1 saturated heterocycles. The van der Waals surface area contributed by atoms with Crippen LogP contribution in [0.4, 0.5) is 4.79 Å². The van der Waals surface area contributed by atoms with E-state index in [1.54, 1.807) is 0 Å². The van der Waals surface area contributed by atoms with Gasteiger partial charge in [0.05, 0.1) is 12.1 Å². The molecule has 0 bridgehead atoms. The van der Waals surface area contributed by atoms with E-state index >= 15 is 0 Å². The number of carbonyl (C=O) groups is 1. The van der Waals surface area contributed by atoms with Crippen LogP contribution in [-0.4, -0.2) is 29.1 Å². The molecule has 3 atom stereocenters. The Balaban J connectivity index is 1.38. The smallest absolute Gasteiger partial charge is 0.410 e. The summed E-state index contributed by atoms with van der Waals surface area (Å²) >= 11 is 0. The Labute approximate surface area is 178 Å². The summed E-state index contributed by atoms with van der Waals surface area (Å²) in [5, 5.41) is 0. The van der Waals surface area contributed by atoms with Gasteiger partial charge in [-0.2, -0.15) is 0 Å². The molecular weight excluding hydrogens is 372 g/mol. The monoisotopic (exact) mass is 400 g/mol. The van der Waals surface area contributed by atoms with Crippen molar-refractivity contribution in [2.45, 2.75) is 44.0 Å². The van der Waals surface area contributed by atoms with Gasteiger partial charge >= 0.3 is 6.09 Å². The van der Waals surface area contributed by atoms with Crippen LogP contribution in [0.2, 0.25) is 0 Å². The Kier molecular flexibility index (Phi) is 6.45. The zero-order valence-electron chi connectivity index (χ0n) is 17.1. The van der Waals surface area contributed by atoms with Crippen molar-refractivity contribution < 1.29 is 9.53 Å². The maximum atomic E-state index is 12.8. The first kappa shape index (κ1) is 20.2. The standard InChI is InChI=1S/C26H28N2O2/c27-23(16-20-10-4-1-5-11-20)18-25-24(17-21-12-6-2-7-13-21)28(25)26(29)30-19-22-14-8-3-9-15-22/h1-15,23-25H,16-19,27H2/t23-,24-,25+,28?/m0/s1. The third-order valence-corrected chi connectivity index (χ3v) is 5.66. The van der Waals surface area contributed by atoms with Gasteiger partial charge in [-0.05, 0) is 36.0 Å². The molecule has 0 saturated carbocycles. The van der Waals surface area contributed by atoms with Crippen molar-refractivity contribution >= 4 is 6.09 Å². The van der Waals surface area contributed by atoms with E-state index < -0.39 is 0 Å². The van der Waals surface area contributed by atoms with Crippen LogP contribution in [0.5, 0.6) is 0 Å². The molecule has 4 nitrogen and oxygen atoms in total. The number of nitrogens with zero attached hydrogens (tertiary/aromatic N) is 1. The fraction of sp³-hybridized carbons (Fsp3) is 0.269. The topological polar surface area (TPSA) is 55.3 Å². The van der Waals surface area contributed by atoms with Gasteiger partial charge in [0.2, 0.25) is 0 Å². The fourth-order valence-corrected chi connectivity index (χ4v) is 4.07. The Morgan fingerprint density at radius 3 is 1.93 bits per heavy atom. The summed E-state index contributed by atoms with van der Waals surface area (Å²) in [5.74, 6) is 0. The third-order valence-electron chi connectivity index (χ3n) is 5.66. The minimum Gasteiger partial charge on any atom is -0.445 e. The number of rotatable bonds is 8. The van der Waals surface area contributed by atoms with Crippen molar-refractivity contribution in [2.24, 2.45) is 5.73 Å². The van der Waals surface area contributed by atoms with Crippen molar-refractivity contribution in [3.63, 3.8) is 0 Å². The van der Waals surface area contributed by atoms with Crippen molar-refractivity contribution in [1.29, 1.82) is 0 Å². The summed E-state index contributed by atoms with van der Waals surface area (Å²) in [6.07, 6.45) is 2.15. The van der Waals surface area contributed by atoms with E-state index in [4.69, 9.17) is 10.5 Å². The van der Waals surface area contributed by atoms with Crippen LogP contribution >= 0.6 is 0 Å². The molecule has 1 aliphatic heterocycles. The summed E-state index contributed by atoms with van der Waals surface area (Å²) < 4.78 is 5.60. The minimum atomic E-state index is -0.253. The van der Waals surface area contributed by atoms with Gasteiger partial charge in [0.1, 0.15) is 6.61 Å². The first-order valence-corrected chi connectivity index (χ1v) is 10.5. The van der Waals surface area contributed by atoms with Crippen LogP contribution in [0.1, 0.15) is 23.1 Å². The van der Waals surface area contributed by atoms with E-state index in [2.05, 4.69) is 24.3 Å². The lowest BCUT2D eigenvalue weighted by Crippen LogP contribution is -2.27. The van der Waals surface area contributed by atoms with Gasteiger partial charge in [0.15, 0.2) is 0 Å². The van der Waals surface area contributed by atoms with E-state index in [1.807, 2.05) is 71.6 Å². The second kappa shape index (κ2) is 9.59. The molecule has 0 unspecified atom stereocenters. The number of benzene rings is 3. The predicted molar refractivity (Wildman–Crippen MR) is 119 cm³/mol. The summed E-state index contributed by atoms with van der Waals surface area (Å²) in [4.78, 5) is 14.7. The molecule has 1 fully saturated rings. The molecule has 0 radical (unpaired) electrons. The van der Waals surface area contributed by atoms with Gasteiger partial charge in [0.25, 0.3) is 0 Å². The van der Waals surface area contributed by atoms with Gasteiger partial charge in [-0.25, -0.2) is 4.79 Å². The van der Waals surface area contributed by atoms with Gasteiger partial charge in [0, 0.05) is 6.04 Å². The maximum absolute atomic E-state index is 12.8. The number of nitrogens with two attached hydrogens (primary N) is 1. The van der Waals surface area contributed by atoms with Crippen molar-refractivity contribution in [2.75, 3.05) is 0 Å². The second-order valence-electron chi connectivity index (χ2n) is 7.96. The van der Waals surface area contributed by atoms with Crippen molar-refractivity contribution in [3.8, 4) is 0 Å². The average molecular weight is 401 g/mol. The van der Waals surface area contributed by atoms with Crippen LogP contribution in [0.15, 0.2) is 91.0 Å². The molecular formula is C26H28N2O2. The highest BCUT2D eigenvalue weighted by atomic mass is 16.6. The van der Waals surface area contributed by atoms with Crippen LogP contribution < -0.4 is 5.73 Å². The van der Waals surface area contributed by atoms with Crippen LogP contribution in [-0.2, 0) is 24.2 Å². The molecule has 0 aliphatic carbocycles. The number of hydrogen-bond acceptors (Lipinski definition) is 3. The first-order chi connectivity index (χ1) is 14.7. The maximum Gasteiger partial charge on any atom is 0.410 e. The molecule has 1 amide bonds. The van der Waals surface area contributed by atoms with Gasteiger partial charge in [-0.1, -0.05) is 91.0 Å². The number of ether oxygens (including phenoxy) is 1. The molecule has 4 rings (SSSR count). The number of hydrogen-bond donors (Lipinski definition) is 1. The SMILES string of the molecule is N[C@@H](Cc1ccccc1)C[C@@H]1[C@H](Cc2ccccc2)N1C(=O)OCc1ccccc1. The normalized spacial score (nSPS) is 18.6. The van der Waals surface area contributed by atoms with Gasteiger partial charge in [-0.3, -0.25) is 4.90 Å². The Morgan fingerprint density at radius 1 is 0.800 bits per heavy atom. The van der Waals surface area contributed by atoms with Gasteiger partial charge < -0.3 is 10.5 Å². The van der Waals surface area contributed by atoms with E-state index in [1.165, 1.54) is 11.1 Å². The van der Waals surface area contributed by atoms with Crippen LogP contribution in [0.3, 0.4) is 0 Å². The molecule has 1 heterocycles. The highest BCUT2D eigenvalue weighted by molar-refractivity contribution is 5.72. The van der Waals surface area contributed by atoms with Gasteiger partial charge in [-0.15, -0.1) is 0 Å². The molecule has 1 aliphatic rings. The van der Waals surface area contributed by atoms with Crippen LogP contribution in [0, 0.1) is 0 Å². The fourth-order valence-electron chi connectivity index (χ4n) is 4.07. The summed E-state index contributed by atoms with van der Waals surface area (Å²) in [7, 11) is 0. The van der Waals surface area contributed by atoms with Crippen molar-refractivity contribution in [3.05, 3.63) is 108 Å². The zero-order chi connectivity index (χ0) is 20.8. The molecule has 4 heteroatoms. The molecule has 154 valence electrons. The lowest BCUT2D eigenvalue weighted by atomic mass is 10.00. The minimum absolute atomic E-state index is 0.00240. The Bertz CT molecular complexity index is 931. The third kappa shape index (κ3) is 5.28. The molecule has 0 spiro atoms. The van der Waals surface area contributed by atoms with E-state index in [9.17, 15) is 4.79 Å². The molecule has 2 N–H and O–H groups in total. The lowest BCUT2D eigenvalue weighted by molar-refractivity contribution is 0.119. The van der Waals surface area contributed by atoms with E-state index in [-0.39, 0.29) is 30.8 Å². The molecule has 30 heavy (non-hydrogen) atoms. The van der Waals surface area contributed by atoms with E-state index in [0.29, 0.717) is 0 Å². The summed E-state index contributed by atoms with van der Waals surface area (Å²) in [6.45, 7) is 0.289. The zero-order valence-corrected chi connectivity index (χ0v) is 17.1. The first-order valence-electron chi connectivity index (χ1n) is 10.5. The average Bonchev–Trinajstić information content (AvgIpc) is 3.45. The summed E-state index contributed by atoms with van der Waals surface area (Å²) in [6, 6.07) is 30.6. The molecule has 3 aromatic rings. The van der Waals surface area contributed by atoms with Crippen molar-refractivity contribution in [1.82, 2.24) is 4.90 Å². The molecule has 0 aromatic heterocycles. The largest absolute Gasteiger partial charge is 0.445 e. The van der Waals surface area contributed by atoms with Crippen LogP contribution in [0.25, 0.3) is 0 Å². The second-order valence-corrected chi connectivity index (χ2v) is 7.96. The Hall–Kier alpha value is -3.11. The lowest BCUT2D eigenvalue weighted by Gasteiger charge is -2.12. The number of carbonyl (C=O) groups excluding carboxylic acids is 1.